The van der Waals surface area contributed by atoms with Crippen LogP contribution in [0, 0.1) is 5.92 Å². The van der Waals surface area contributed by atoms with E-state index in [1.54, 1.807) is 6.92 Å². The summed E-state index contributed by atoms with van der Waals surface area (Å²) >= 11 is 0. The van der Waals surface area contributed by atoms with Gasteiger partial charge in [0.25, 0.3) is 0 Å². The summed E-state index contributed by atoms with van der Waals surface area (Å²) in [4.78, 5) is 0. The monoisotopic (exact) mass is 205 g/mol. The van der Waals surface area contributed by atoms with Crippen LogP contribution in [-0.4, -0.2) is 25.5 Å². The van der Waals surface area contributed by atoms with Gasteiger partial charge in [-0.05, 0) is 25.2 Å². The van der Waals surface area contributed by atoms with Gasteiger partial charge in [-0.15, -0.1) is 0 Å². The Kier molecular flexibility index (Phi) is 3.35. The Balaban J connectivity index is 2.66. The summed E-state index contributed by atoms with van der Waals surface area (Å²) in [6.45, 7) is 3.76. The summed E-state index contributed by atoms with van der Waals surface area (Å²) in [5, 5.41) is -0.132. The van der Waals surface area contributed by atoms with E-state index in [1.165, 1.54) is 0 Å². The second-order valence-corrected chi connectivity index (χ2v) is 6.60. The minimum absolute atomic E-state index is 0.132. The number of rotatable bonds is 2. The van der Waals surface area contributed by atoms with Crippen LogP contribution in [0.4, 0.5) is 0 Å². The summed E-state index contributed by atoms with van der Waals surface area (Å²) < 4.78 is 23.1. The Morgan fingerprint density at radius 2 is 2.00 bits per heavy atom. The van der Waals surface area contributed by atoms with E-state index < -0.39 is 9.84 Å². The van der Waals surface area contributed by atoms with Crippen molar-refractivity contribution >= 4 is 9.84 Å². The largest absolute Gasteiger partial charge is 0.327 e. The predicted molar refractivity (Wildman–Crippen MR) is 54.2 cm³/mol. The molecule has 0 aromatic heterocycles. The van der Waals surface area contributed by atoms with Gasteiger partial charge in [0.2, 0.25) is 0 Å². The molecular weight excluding hydrogens is 186 g/mol. The zero-order valence-corrected chi connectivity index (χ0v) is 9.18. The van der Waals surface area contributed by atoms with Crippen LogP contribution in [0.2, 0.25) is 0 Å². The van der Waals surface area contributed by atoms with E-state index in [0.29, 0.717) is 5.92 Å². The molecule has 0 bridgehead atoms. The summed E-state index contributed by atoms with van der Waals surface area (Å²) in [7, 11) is -2.83. The molecule has 2 N–H and O–H groups in total. The van der Waals surface area contributed by atoms with Crippen molar-refractivity contribution in [2.45, 2.75) is 44.4 Å². The molecule has 78 valence electrons. The SMILES string of the molecule is CCS(=O)(=O)C1CCC(N)C(C)C1. The number of hydrogen-bond acceptors (Lipinski definition) is 3. The molecule has 0 aromatic rings. The van der Waals surface area contributed by atoms with Gasteiger partial charge < -0.3 is 5.73 Å². The van der Waals surface area contributed by atoms with Gasteiger partial charge >= 0.3 is 0 Å². The molecule has 1 saturated carbocycles. The van der Waals surface area contributed by atoms with Gasteiger partial charge in [0, 0.05) is 11.8 Å². The molecular formula is C9H19NO2S. The van der Waals surface area contributed by atoms with Crippen molar-refractivity contribution < 1.29 is 8.42 Å². The lowest BCUT2D eigenvalue weighted by molar-refractivity contribution is 0.330. The average Bonchev–Trinajstić information content (AvgIpc) is 2.09. The van der Waals surface area contributed by atoms with E-state index in [9.17, 15) is 8.42 Å². The second kappa shape index (κ2) is 3.96. The van der Waals surface area contributed by atoms with Crippen molar-refractivity contribution in [1.29, 1.82) is 0 Å². The molecule has 1 fully saturated rings. The fourth-order valence-electron chi connectivity index (χ4n) is 1.93. The van der Waals surface area contributed by atoms with Crippen LogP contribution in [0.1, 0.15) is 33.1 Å². The molecule has 3 unspecified atom stereocenters. The highest BCUT2D eigenvalue weighted by Crippen LogP contribution is 2.27. The highest BCUT2D eigenvalue weighted by atomic mass is 32.2. The zero-order chi connectivity index (χ0) is 10.1. The number of hydrogen-bond donors (Lipinski definition) is 1. The van der Waals surface area contributed by atoms with Crippen LogP contribution < -0.4 is 5.73 Å². The van der Waals surface area contributed by atoms with E-state index in [2.05, 4.69) is 0 Å². The molecule has 3 nitrogen and oxygen atoms in total. The molecule has 1 aliphatic rings. The van der Waals surface area contributed by atoms with Crippen molar-refractivity contribution in [3.8, 4) is 0 Å². The van der Waals surface area contributed by atoms with Crippen LogP contribution in [0.3, 0.4) is 0 Å². The highest BCUT2D eigenvalue weighted by molar-refractivity contribution is 7.92. The Labute approximate surface area is 80.6 Å². The van der Waals surface area contributed by atoms with Crippen LogP contribution in [0.25, 0.3) is 0 Å². The first kappa shape index (κ1) is 11.0. The first-order valence-electron chi connectivity index (χ1n) is 4.94. The third-order valence-corrected chi connectivity index (χ3v) is 5.35. The van der Waals surface area contributed by atoms with Crippen molar-refractivity contribution in [3.63, 3.8) is 0 Å². The standard InChI is InChI=1S/C9H19NO2S/c1-3-13(11,12)8-4-5-9(10)7(2)6-8/h7-9H,3-6,10H2,1-2H3. The van der Waals surface area contributed by atoms with Gasteiger partial charge in [-0.1, -0.05) is 13.8 Å². The normalized spacial score (nSPS) is 36.1. The third-order valence-electron chi connectivity index (χ3n) is 3.10. The molecule has 1 aliphatic carbocycles. The minimum Gasteiger partial charge on any atom is -0.327 e. The Morgan fingerprint density at radius 3 is 2.46 bits per heavy atom. The predicted octanol–water partition coefficient (Wildman–Crippen LogP) is 0.937. The van der Waals surface area contributed by atoms with E-state index in [1.807, 2.05) is 6.92 Å². The zero-order valence-electron chi connectivity index (χ0n) is 8.36. The van der Waals surface area contributed by atoms with E-state index in [4.69, 9.17) is 5.73 Å². The molecule has 0 aliphatic heterocycles. The van der Waals surface area contributed by atoms with E-state index >= 15 is 0 Å². The maximum atomic E-state index is 11.6. The van der Waals surface area contributed by atoms with E-state index in [-0.39, 0.29) is 17.0 Å². The van der Waals surface area contributed by atoms with Crippen molar-refractivity contribution in [2.75, 3.05) is 5.75 Å². The highest BCUT2D eigenvalue weighted by Gasteiger charge is 2.32. The molecule has 3 atom stereocenters. The van der Waals surface area contributed by atoms with E-state index in [0.717, 1.165) is 19.3 Å². The molecule has 1 rings (SSSR count). The topological polar surface area (TPSA) is 60.2 Å². The van der Waals surface area contributed by atoms with Gasteiger partial charge in [0.05, 0.1) is 5.25 Å². The van der Waals surface area contributed by atoms with Gasteiger partial charge in [-0.2, -0.15) is 0 Å². The first-order valence-corrected chi connectivity index (χ1v) is 6.66. The molecule has 0 heterocycles. The molecule has 0 saturated heterocycles. The lowest BCUT2D eigenvalue weighted by Gasteiger charge is -2.31. The quantitative estimate of drug-likeness (QED) is 0.729. The molecule has 0 radical (unpaired) electrons. The minimum atomic E-state index is -2.83. The van der Waals surface area contributed by atoms with Gasteiger partial charge in [0.1, 0.15) is 0 Å². The molecule has 4 heteroatoms. The van der Waals surface area contributed by atoms with Crippen LogP contribution >= 0.6 is 0 Å². The molecule has 13 heavy (non-hydrogen) atoms. The first-order chi connectivity index (χ1) is 5.97. The molecule has 0 amide bonds. The third kappa shape index (κ3) is 2.44. The molecule has 0 spiro atoms. The van der Waals surface area contributed by atoms with Crippen molar-refractivity contribution in [1.82, 2.24) is 0 Å². The summed E-state index contributed by atoms with van der Waals surface area (Å²) in [5.41, 5.74) is 5.83. The smallest absolute Gasteiger partial charge is 0.152 e. The second-order valence-electron chi connectivity index (χ2n) is 4.03. The summed E-state index contributed by atoms with van der Waals surface area (Å²) in [6, 6.07) is 0.198. The summed E-state index contributed by atoms with van der Waals surface area (Å²) in [6.07, 6.45) is 2.35. The number of sulfone groups is 1. The Bertz CT molecular complexity index is 261. The average molecular weight is 205 g/mol. The number of nitrogens with two attached hydrogens (primary N) is 1. The fraction of sp³-hybridized carbons (Fsp3) is 1.00. The lowest BCUT2D eigenvalue weighted by Crippen LogP contribution is -2.39. The van der Waals surface area contributed by atoms with Crippen LogP contribution in [-0.2, 0) is 9.84 Å². The maximum Gasteiger partial charge on any atom is 0.152 e. The molecule has 0 aromatic carbocycles. The Morgan fingerprint density at radius 1 is 1.38 bits per heavy atom. The van der Waals surface area contributed by atoms with Crippen molar-refractivity contribution in [2.24, 2.45) is 11.7 Å². The van der Waals surface area contributed by atoms with Gasteiger partial charge in [-0.3, -0.25) is 0 Å². The maximum absolute atomic E-state index is 11.6. The van der Waals surface area contributed by atoms with Gasteiger partial charge in [0.15, 0.2) is 9.84 Å². The Hall–Kier alpha value is -0.0900. The van der Waals surface area contributed by atoms with Crippen LogP contribution in [0.15, 0.2) is 0 Å². The lowest BCUT2D eigenvalue weighted by atomic mass is 9.86. The van der Waals surface area contributed by atoms with Crippen molar-refractivity contribution in [3.05, 3.63) is 0 Å². The summed E-state index contributed by atoms with van der Waals surface area (Å²) in [5.74, 6) is 0.611. The van der Waals surface area contributed by atoms with Gasteiger partial charge in [-0.25, -0.2) is 8.42 Å². The van der Waals surface area contributed by atoms with Crippen LogP contribution in [0.5, 0.6) is 0 Å². The fourth-order valence-corrected chi connectivity index (χ4v) is 3.50.